The molecule has 1 N–H and O–H groups in total. The highest BCUT2D eigenvalue weighted by atomic mass is 35.5. The summed E-state index contributed by atoms with van der Waals surface area (Å²) < 4.78 is 5.42. The van der Waals surface area contributed by atoms with Gasteiger partial charge in [0.1, 0.15) is 5.69 Å². The maximum absolute atomic E-state index is 5.99. The first-order chi connectivity index (χ1) is 12.3. The molecule has 0 radical (unpaired) electrons. The number of hydrogen-bond donors (Lipinski definition) is 1. The molecule has 4 rings (SSSR count). The summed E-state index contributed by atoms with van der Waals surface area (Å²) in [5, 5.41) is 15.1. The molecule has 5 nitrogen and oxygen atoms in total. The number of rotatable bonds is 4. The highest BCUT2D eigenvalue weighted by molar-refractivity contribution is 6.30. The van der Waals surface area contributed by atoms with E-state index in [1.54, 1.807) is 6.20 Å². The average Bonchev–Trinajstić information content (AvgIpc) is 2.68. The number of nitrogens with zero attached hydrogens (tertiary/aromatic N) is 3. The molecule has 0 unspecified atom stereocenters. The quantitative estimate of drug-likeness (QED) is 0.761. The van der Waals surface area contributed by atoms with E-state index in [-0.39, 0.29) is 0 Å². The second-order valence-electron chi connectivity index (χ2n) is 6.26. The molecular weight excluding hydrogens is 336 g/mol. The minimum atomic E-state index is 0.609. The van der Waals surface area contributed by atoms with Crippen molar-refractivity contribution in [3.8, 4) is 11.3 Å². The van der Waals surface area contributed by atoms with Gasteiger partial charge in [0.2, 0.25) is 0 Å². The predicted octanol–water partition coefficient (Wildman–Crippen LogP) is 4.18. The van der Waals surface area contributed by atoms with Crippen LogP contribution in [-0.2, 0) is 4.74 Å². The summed E-state index contributed by atoms with van der Waals surface area (Å²) in [5.41, 5.74) is 1.83. The maximum atomic E-state index is 5.99. The molecule has 1 aliphatic heterocycles. The number of hydrogen-bond acceptors (Lipinski definition) is 5. The van der Waals surface area contributed by atoms with Gasteiger partial charge in [0.25, 0.3) is 0 Å². The van der Waals surface area contributed by atoms with E-state index < -0.39 is 0 Å². The van der Waals surface area contributed by atoms with Crippen molar-refractivity contribution in [2.24, 2.45) is 5.92 Å². The van der Waals surface area contributed by atoms with Crippen LogP contribution in [0.5, 0.6) is 0 Å². The lowest BCUT2D eigenvalue weighted by molar-refractivity contribution is 0.0699. The third-order valence-corrected chi connectivity index (χ3v) is 4.85. The van der Waals surface area contributed by atoms with Crippen molar-refractivity contribution in [2.75, 3.05) is 25.1 Å². The summed E-state index contributed by atoms with van der Waals surface area (Å²) in [7, 11) is 0. The molecular formula is C19H19ClN4O. The van der Waals surface area contributed by atoms with Crippen LogP contribution >= 0.6 is 11.6 Å². The van der Waals surface area contributed by atoms with Gasteiger partial charge in [-0.15, -0.1) is 10.2 Å². The molecule has 0 amide bonds. The van der Waals surface area contributed by atoms with E-state index in [0.717, 1.165) is 60.4 Å². The van der Waals surface area contributed by atoms with Gasteiger partial charge in [-0.2, -0.15) is 0 Å². The van der Waals surface area contributed by atoms with Crippen molar-refractivity contribution in [3.63, 3.8) is 0 Å². The van der Waals surface area contributed by atoms with Crippen LogP contribution in [0.15, 0.2) is 42.7 Å². The fourth-order valence-corrected chi connectivity index (χ4v) is 3.27. The smallest absolute Gasteiger partial charge is 0.158 e. The lowest BCUT2D eigenvalue weighted by Gasteiger charge is -2.22. The first-order valence-corrected chi connectivity index (χ1v) is 8.87. The zero-order valence-corrected chi connectivity index (χ0v) is 14.5. The van der Waals surface area contributed by atoms with Gasteiger partial charge in [-0.05, 0) is 37.0 Å². The normalized spacial score (nSPS) is 15.4. The average molecular weight is 355 g/mol. The van der Waals surface area contributed by atoms with Crippen LogP contribution in [0.1, 0.15) is 12.8 Å². The molecule has 0 atom stereocenters. The summed E-state index contributed by atoms with van der Waals surface area (Å²) in [5.74, 6) is 1.39. The van der Waals surface area contributed by atoms with Crippen LogP contribution in [0.3, 0.4) is 0 Å². The Morgan fingerprint density at radius 3 is 2.64 bits per heavy atom. The van der Waals surface area contributed by atoms with Crippen molar-refractivity contribution in [2.45, 2.75) is 12.8 Å². The van der Waals surface area contributed by atoms with Crippen LogP contribution in [0.2, 0.25) is 5.02 Å². The Hall–Kier alpha value is -2.24. The van der Waals surface area contributed by atoms with E-state index in [4.69, 9.17) is 16.3 Å². The van der Waals surface area contributed by atoms with Crippen molar-refractivity contribution in [3.05, 3.63) is 47.7 Å². The molecule has 3 aromatic rings. The third kappa shape index (κ3) is 3.57. The zero-order chi connectivity index (χ0) is 17.1. The largest absolute Gasteiger partial charge is 0.381 e. The molecule has 2 aromatic heterocycles. The highest BCUT2D eigenvalue weighted by Crippen LogP contribution is 2.30. The van der Waals surface area contributed by atoms with Crippen molar-refractivity contribution in [1.82, 2.24) is 15.2 Å². The van der Waals surface area contributed by atoms with Crippen molar-refractivity contribution < 1.29 is 4.74 Å². The van der Waals surface area contributed by atoms with E-state index in [0.29, 0.717) is 10.9 Å². The lowest BCUT2D eigenvalue weighted by atomic mass is 10.0. The fourth-order valence-electron chi connectivity index (χ4n) is 3.14. The number of fused-ring (bicyclic) bond motifs is 1. The molecule has 3 heterocycles. The van der Waals surface area contributed by atoms with E-state index in [2.05, 4.69) is 20.5 Å². The molecule has 0 saturated carbocycles. The van der Waals surface area contributed by atoms with Crippen LogP contribution in [0, 0.1) is 5.92 Å². The Morgan fingerprint density at radius 2 is 1.84 bits per heavy atom. The topological polar surface area (TPSA) is 59.9 Å². The van der Waals surface area contributed by atoms with Crippen LogP contribution in [0.4, 0.5) is 5.82 Å². The van der Waals surface area contributed by atoms with Gasteiger partial charge in [0.15, 0.2) is 5.82 Å². The molecule has 0 spiro atoms. The summed E-state index contributed by atoms with van der Waals surface area (Å²) in [6.07, 6.45) is 5.79. The number of anilines is 1. The second-order valence-corrected chi connectivity index (χ2v) is 6.70. The Balaban J connectivity index is 1.65. The van der Waals surface area contributed by atoms with Gasteiger partial charge < -0.3 is 10.1 Å². The molecule has 128 valence electrons. The maximum Gasteiger partial charge on any atom is 0.158 e. The first kappa shape index (κ1) is 16.2. The van der Waals surface area contributed by atoms with E-state index >= 15 is 0 Å². The Kier molecular flexibility index (Phi) is 4.76. The molecule has 1 fully saturated rings. The molecule has 1 aromatic carbocycles. The summed E-state index contributed by atoms with van der Waals surface area (Å²) in [6, 6.07) is 9.63. The standard InChI is InChI=1S/C19H19ClN4O/c20-15-3-1-14(2-4-15)18-16-5-8-21-12-17(16)19(24-23-18)22-11-13-6-9-25-10-7-13/h1-5,8,12-13H,6-7,9-11H2,(H,22,24). The minimum Gasteiger partial charge on any atom is -0.381 e. The molecule has 1 saturated heterocycles. The van der Waals surface area contributed by atoms with Gasteiger partial charge in [0.05, 0.1) is 0 Å². The number of ether oxygens (including phenoxy) is 1. The van der Waals surface area contributed by atoms with Crippen LogP contribution < -0.4 is 5.32 Å². The summed E-state index contributed by atoms with van der Waals surface area (Å²) in [6.45, 7) is 2.56. The monoisotopic (exact) mass is 354 g/mol. The minimum absolute atomic E-state index is 0.609. The predicted molar refractivity (Wildman–Crippen MR) is 99.8 cm³/mol. The second kappa shape index (κ2) is 7.33. The van der Waals surface area contributed by atoms with Gasteiger partial charge in [-0.25, -0.2) is 0 Å². The number of halogens is 1. The third-order valence-electron chi connectivity index (χ3n) is 4.60. The SMILES string of the molecule is Clc1ccc(-c2nnc(NCC3CCOCC3)c3cnccc23)cc1. The Morgan fingerprint density at radius 1 is 1.04 bits per heavy atom. The molecule has 0 bridgehead atoms. The summed E-state index contributed by atoms with van der Waals surface area (Å²) >= 11 is 5.99. The first-order valence-electron chi connectivity index (χ1n) is 8.49. The summed E-state index contributed by atoms with van der Waals surface area (Å²) in [4.78, 5) is 4.27. The van der Waals surface area contributed by atoms with Gasteiger partial charge >= 0.3 is 0 Å². The van der Waals surface area contributed by atoms with Gasteiger partial charge in [-0.3, -0.25) is 4.98 Å². The van der Waals surface area contributed by atoms with Crippen LogP contribution in [-0.4, -0.2) is 34.9 Å². The van der Waals surface area contributed by atoms with E-state index in [1.807, 2.05) is 36.5 Å². The number of nitrogens with one attached hydrogen (secondary N) is 1. The number of pyridine rings is 1. The molecule has 1 aliphatic rings. The Bertz CT molecular complexity index is 863. The zero-order valence-electron chi connectivity index (χ0n) is 13.8. The van der Waals surface area contributed by atoms with Crippen LogP contribution in [0.25, 0.3) is 22.0 Å². The lowest BCUT2D eigenvalue weighted by Crippen LogP contribution is -2.23. The van der Waals surface area contributed by atoms with E-state index in [1.165, 1.54) is 0 Å². The Labute approximate surface area is 151 Å². The number of benzene rings is 1. The molecule has 6 heteroatoms. The highest BCUT2D eigenvalue weighted by Gasteiger charge is 2.16. The van der Waals surface area contributed by atoms with Gasteiger partial charge in [0, 0.05) is 53.5 Å². The molecule has 0 aliphatic carbocycles. The van der Waals surface area contributed by atoms with Gasteiger partial charge in [-0.1, -0.05) is 23.7 Å². The van der Waals surface area contributed by atoms with Crippen molar-refractivity contribution >= 4 is 28.2 Å². The van der Waals surface area contributed by atoms with E-state index in [9.17, 15) is 0 Å². The fraction of sp³-hybridized carbons (Fsp3) is 0.316. The van der Waals surface area contributed by atoms with Crippen molar-refractivity contribution in [1.29, 1.82) is 0 Å². The molecule has 25 heavy (non-hydrogen) atoms. The number of aromatic nitrogens is 3.